The van der Waals surface area contributed by atoms with Gasteiger partial charge in [0.15, 0.2) is 5.44 Å². The van der Waals surface area contributed by atoms with Gasteiger partial charge in [-0.05, 0) is 24.3 Å². The first kappa shape index (κ1) is 23.4. The van der Waals surface area contributed by atoms with Gasteiger partial charge in [0.2, 0.25) is 0 Å². The molecule has 1 aliphatic rings. The molecule has 0 radical (unpaired) electrons. The Morgan fingerprint density at radius 3 is 2.42 bits per heavy atom. The van der Waals surface area contributed by atoms with Crippen LogP contribution < -0.4 is 29.6 Å². The maximum Gasteiger partial charge on any atom is 1.00 e. The minimum Gasteiger partial charge on any atom is -0.746 e. The minimum absolute atomic E-state index is 0. The zero-order chi connectivity index (χ0) is 18.3. The summed E-state index contributed by atoms with van der Waals surface area (Å²) in [4.78, 5) is 13.5. The average molecular weight is 393 g/mol. The molecule has 0 heterocycles. The molecule has 140 valence electrons. The smallest absolute Gasteiger partial charge is 0.746 e. The molecule has 0 saturated heterocycles. The van der Waals surface area contributed by atoms with E-state index in [1.54, 1.807) is 12.1 Å². The van der Waals surface area contributed by atoms with Crippen molar-refractivity contribution < 1.29 is 57.2 Å². The van der Waals surface area contributed by atoms with Crippen molar-refractivity contribution in [2.45, 2.75) is 44.1 Å². The summed E-state index contributed by atoms with van der Waals surface area (Å²) in [5.41, 5.74) is -1.36. The number of carbonyl (C=O) groups is 1. The van der Waals surface area contributed by atoms with Crippen molar-refractivity contribution >= 4 is 16.2 Å². The molecule has 0 aliphatic heterocycles. The molecule has 26 heavy (non-hydrogen) atoms. The van der Waals surface area contributed by atoms with Crippen LogP contribution in [0, 0.1) is 5.92 Å². The van der Waals surface area contributed by atoms with E-state index < -0.39 is 28.2 Å². The van der Waals surface area contributed by atoms with Crippen molar-refractivity contribution in [3.05, 3.63) is 35.9 Å². The van der Waals surface area contributed by atoms with E-state index in [-0.39, 0.29) is 48.6 Å². The second-order valence-electron chi connectivity index (χ2n) is 6.40. The summed E-state index contributed by atoms with van der Waals surface area (Å²) in [5, 5.41) is 9.57. The Hall–Kier alpha value is -0.640. The molecular weight excluding hydrogens is 369 g/mol. The molecule has 1 N–H and O–H groups in total. The number of nitrogens with zero attached hydrogens (tertiary/aromatic N) is 1. The average Bonchev–Trinajstić information content (AvgIpc) is 2.60. The predicted molar refractivity (Wildman–Crippen MR) is 90.5 cm³/mol. The number of rotatable bonds is 7. The second-order valence-corrected chi connectivity index (χ2v) is 7.93. The second kappa shape index (κ2) is 11.3. The van der Waals surface area contributed by atoms with E-state index in [2.05, 4.69) is 0 Å². The van der Waals surface area contributed by atoms with Gasteiger partial charge in [0.05, 0.1) is 6.54 Å². The first-order valence-electron chi connectivity index (χ1n) is 8.44. The maximum atomic E-state index is 12.3. The number of hydrogen-bond donors (Lipinski definition) is 1. The first-order chi connectivity index (χ1) is 11.9. The Balaban J connectivity index is 0.00000338. The van der Waals surface area contributed by atoms with Crippen LogP contribution in [0.2, 0.25) is 0 Å². The number of ether oxygens (including phenoxy) is 1. The third-order valence-corrected chi connectivity index (χ3v) is 5.19. The molecule has 1 amide bonds. The Morgan fingerprint density at radius 1 is 1.23 bits per heavy atom. The van der Waals surface area contributed by atoms with E-state index in [0.717, 1.165) is 42.6 Å². The van der Waals surface area contributed by atoms with Crippen LogP contribution >= 0.6 is 0 Å². The van der Waals surface area contributed by atoms with Crippen molar-refractivity contribution in [2.75, 3.05) is 13.1 Å². The van der Waals surface area contributed by atoms with Crippen molar-refractivity contribution in [1.82, 2.24) is 4.90 Å². The fourth-order valence-electron chi connectivity index (χ4n) is 3.00. The molecule has 1 unspecified atom stereocenters. The zero-order valence-corrected chi connectivity index (χ0v) is 17.9. The van der Waals surface area contributed by atoms with Gasteiger partial charge in [0.1, 0.15) is 16.7 Å². The van der Waals surface area contributed by atoms with Gasteiger partial charge in [-0.2, -0.15) is 0 Å². The molecule has 1 atom stereocenters. The summed E-state index contributed by atoms with van der Waals surface area (Å²) in [6.07, 6.45) is 4.40. The molecule has 1 fully saturated rings. The Labute approximate surface area is 176 Å². The largest absolute Gasteiger partial charge is 1.00 e. The molecule has 2 rings (SSSR count). The number of aliphatic hydroxyl groups excluding tert-OH is 1. The Kier molecular flexibility index (Phi) is 10.1. The van der Waals surface area contributed by atoms with Gasteiger partial charge in [0.25, 0.3) is 0 Å². The van der Waals surface area contributed by atoms with Crippen LogP contribution in [0.5, 0.6) is 0 Å². The maximum absolute atomic E-state index is 12.3. The number of amides is 1. The van der Waals surface area contributed by atoms with Gasteiger partial charge in [-0.1, -0.05) is 49.6 Å². The quantitative estimate of drug-likeness (QED) is 0.474. The number of aliphatic hydroxyl groups is 1. The van der Waals surface area contributed by atoms with E-state index in [1.807, 2.05) is 18.2 Å². The molecule has 0 bridgehead atoms. The van der Waals surface area contributed by atoms with Crippen LogP contribution in [0.1, 0.15) is 37.7 Å². The monoisotopic (exact) mass is 393 g/mol. The van der Waals surface area contributed by atoms with Gasteiger partial charge >= 0.3 is 35.7 Å². The first-order valence-corrected chi connectivity index (χ1v) is 9.92. The standard InChI is InChI=1S/C17H25NO6S.Na/c19-16(25(21,22)23)12-18(11-14-7-3-1-4-8-14)17(20)24-13-15-9-5-2-6-10-15;/h2,5-6,9-10,14,16,19H,1,3-4,7-8,11-13H2,(H,21,22,23);/q;+1/p-1. The molecule has 7 nitrogen and oxygen atoms in total. The minimum atomic E-state index is -4.88. The SMILES string of the molecule is O=C(OCc1ccccc1)N(CC1CCCCC1)CC(O)S(=O)(=O)[O-].[Na+]. The number of benzene rings is 1. The topological polar surface area (TPSA) is 107 Å². The van der Waals surface area contributed by atoms with Gasteiger partial charge < -0.3 is 19.3 Å². The molecule has 1 saturated carbocycles. The van der Waals surface area contributed by atoms with Crippen molar-refractivity contribution in [3.63, 3.8) is 0 Å². The van der Waals surface area contributed by atoms with Crippen LogP contribution in [0.25, 0.3) is 0 Å². The van der Waals surface area contributed by atoms with Gasteiger partial charge in [-0.3, -0.25) is 0 Å². The van der Waals surface area contributed by atoms with E-state index in [9.17, 15) is 22.9 Å². The normalized spacial score (nSPS) is 16.4. The van der Waals surface area contributed by atoms with Gasteiger partial charge in [0, 0.05) is 6.54 Å². The Morgan fingerprint density at radius 2 is 1.85 bits per heavy atom. The van der Waals surface area contributed by atoms with Crippen LogP contribution in [0.3, 0.4) is 0 Å². The van der Waals surface area contributed by atoms with E-state index in [1.165, 1.54) is 0 Å². The molecule has 0 aromatic heterocycles. The fourth-order valence-corrected chi connectivity index (χ4v) is 3.36. The van der Waals surface area contributed by atoms with E-state index >= 15 is 0 Å². The third-order valence-electron chi connectivity index (χ3n) is 4.38. The number of carbonyl (C=O) groups excluding carboxylic acids is 1. The summed E-state index contributed by atoms with van der Waals surface area (Å²) < 4.78 is 38.2. The molecule has 1 aliphatic carbocycles. The molecule has 0 spiro atoms. The van der Waals surface area contributed by atoms with Crippen molar-refractivity contribution in [2.24, 2.45) is 5.92 Å². The van der Waals surface area contributed by atoms with Crippen LogP contribution in [0.4, 0.5) is 4.79 Å². The number of hydrogen-bond acceptors (Lipinski definition) is 6. The van der Waals surface area contributed by atoms with E-state index in [4.69, 9.17) is 4.74 Å². The summed E-state index contributed by atoms with van der Waals surface area (Å²) >= 11 is 0. The van der Waals surface area contributed by atoms with Crippen molar-refractivity contribution in [1.29, 1.82) is 0 Å². The van der Waals surface area contributed by atoms with Crippen LogP contribution in [0.15, 0.2) is 30.3 Å². The summed E-state index contributed by atoms with van der Waals surface area (Å²) in [6, 6.07) is 9.08. The zero-order valence-electron chi connectivity index (χ0n) is 15.0. The summed E-state index contributed by atoms with van der Waals surface area (Å²) in [7, 11) is -4.88. The summed E-state index contributed by atoms with van der Waals surface area (Å²) in [6.45, 7) is -0.253. The fraction of sp³-hybridized carbons (Fsp3) is 0.588. The van der Waals surface area contributed by atoms with Gasteiger partial charge in [-0.15, -0.1) is 0 Å². The summed E-state index contributed by atoms with van der Waals surface area (Å²) in [5.74, 6) is 0.222. The molecule has 9 heteroatoms. The Bertz CT molecular complexity index is 648. The molecular formula is C17H24NNaO6S. The molecule has 1 aromatic carbocycles. The van der Waals surface area contributed by atoms with Crippen LogP contribution in [-0.4, -0.2) is 47.6 Å². The van der Waals surface area contributed by atoms with Gasteiger partial charge in [-0.25, -0.2) is 13.2 Å². The van der Waals surface area contributed by atoms with Crippen LogP contribution in [-0.2, 0) is 21.5 Å². The van der Waals surface area contributed by atoms with Crippen molar-refractivity contribution in [3.8, 4) is 0 Å². The third kappa shape index (κ3) is 7.94. The predicted octanol–water partition coefficient (Wildman–Crippen LogP) is -0.927. The molecule has 1 aromatic rings. The van der Waals surface area contributed by atoms with E-state index in [0.29, 0.717) is 0 Å².